The molecule has 0 saturated carbocycles. The summed E-state index contributed by atoms with van der Waals surface area (Å²) in [6.07, 6.45) is 3.80. The van der Waals surface area contributed by atoms with Crippen molar-refractivity contribution in [3.63, 3.8) is 0 Å². The lowest BCUT2D eigenvalue weighted by atomic mass is 9.90. The fourth-order valence-corrected chi connectivity index (χ4v) is 3.31. The van der Waals surface area contributed by atoms with Gasteiger partial charge in [0, 0.05) is 38.3 Å². The minimum atomic E-state index is -0.163. The van der Waals surface area contributed by atoms with Crippen LogP contribution in [-0.4, -0.2) is 42.0 Å². The topological polar surface area (TPSA) is 77.4 Å². The number of hydrogen-bond donors (Lipinski definition) is 2. The Kier molecular flexibility index (Phi) is 5.78. The molecule has 0 bridgehead atoms. The molecule has 1 aliphatic heterocycles. The number of anilines is 1. The first-order valence-corrected chi connectivity index (χ1v) is 9.02. The summed E-state index contributed by atoms with van der Waals surface area (Å²) in [6.45, 7) is 6.34. The highest BCUT2D eigenvalue weighted by molar-refractivity contribution is 5.95. The second kappa shape index (κ2) is 8.23. The van der Waals surface area contributed by atoms with Crippen molar-refractivity contribution in [2.24, 2.45) is 13.0 Å². The van der Waals surface area contributed by atoms with Crippen LogP contribution in [0.15, 0.2) is 30.6 Å². The van der Waals surface area contributed by atoms with Crippen molar-refractivity contribution >= 4 is 11.6 Å². The van der Waals surface area contributed by atoms with E-state index in [0.717, 1.165) is 12.1 Å². The molecular formula is C19H26N4O3. The largest absolute Gasteiger partial charge is 0.494 e. The summed E-state index contributed by atoms with van der Waals surface area (Å²) in [5.74, 6) is 1.27. The highest BCUT2D eigenvalue weighted by Gasteiger charge is 2.35. The second-order valence-electron chi connectivity index (χ2n) is 6.33. The van der Waals surface area contributed by atoms with Crippen molar-refractivity contribution in [2.75, 3.05) is 31.6 Å². The maximum absolute atomic E-state index is 13.0. The lowest BCUT2D eigenvalue weighted by molar-refractivity contribution is -0.119. The van der Waals surface area contributed by atoms with Gasteiger partial charge in [0.05, 0.1) is 31.0 Å². The first kappa shape index (κ1) is 18.3. The van der Waals surface area contributed by atoms with E-state index in [2.05, 4.69) is 15.7 Å². The fourth-order valence-electron chi connectivity index (χ4n) is 3.31. The van der Waals surface area contributed by atoms with Crippen molar-refractivity contribution in [1.29, 1.82) is 0 Å². The van der Waals surface area contributed by atoms with E-state index in [1.807, 2.05) is 51.5 Å². The molecule has 2 aromatic rings. The molecule has 3 rings (SSSR count). The van der Waals surface area contributed by atoms with E-state index in [9.17, 15) is 4.79 Å². The van der Waals surface area contributed by atoms with Gasteiger partial charge in [0.25, 0.3) is 0 Å². The molecule has 1 fully saturated rings. The van der Waals surface area contributed by atoms with Crippen LogP contribution in [-0.2, 0) is 11.8 Å². The van der Waals surface area contributed by atoms with Gasteiger partial charge in [-0.2, -0.15) is 5.10 Å². The molecule has 26 heavy (non-hydrogen) atoms. The Morgan fingerprint density at radius 3 is 2.81 bits per heavy atom. The smallest absolute Gasteiger partial charge is 0.229 e. The number of nitrogens with zero attached hydrogens (tertiary/aromatic N) is 2. The maximum Gasteiger partial charge on any atom is 0.229 e. The number of benzene rings is 1. The van der Waals surface area contributed by atoms with Gasteiger partial charge in [-0.1, -0.05) is 0 Å². The molecule has 7 heteroatoms. The summed E-state index contributed by atoms with van der Waals surface area (Å²) >= 11 is 0. The summed E-state index contributed by atoms with van der Waals surface area (Å²) in [6, 6.07) is 5.49. The van der Waals surface area contributed by atoms with Crippen molar-refractivity contribution in [3.8, 4) is 11.5 Å². The van der Waals surface area contributed by atoms with E-state index in [1.54, 1.807) is 4.68 Å². The molecule has 140 valence electrons. The van der Waals surface area contributed by atoms with Gasteiger partial charge in [0.2, 0.25) is 5.91 Å². The molecule has 7 nitrogen and oxygen atoms in total. The molecule has 1 saturated heterocycles. The molecule has 0 spiro atoms. The van der Waals surface area contributed by atoms with Gasteiger partial charge in [-0.05, 0) is 31.5 Å². The molecule has 1 aliphatic rings. The number of aryl methyl sites for hydroxylation is 1. The van der Waals surface area contributed by atoms with Crippen molar-refractivity contribution < 1.29 is 14.3 Å². The first-order valence-electron chi connectivity index (χ1n) is 9.02. The van der Waals surface area contributed by atoms with E-state index >= 15 is 0 Å². The lowest BCUT2D eigenvalue weighted by Gasteiger charge is -2.19. The summed E-state index contributed by atoms with van der Waals surface area (Å²) in [5.41, 5.74) is 1.71. The van der Waals surface area contributed by atoms with E-state index < -0.39 is 0 Å². The standard InChI is InChI=1S/C19H26N4O3/c1-4-25-14-6-7-18(26-5-2)17(8-14)22-19(24)16-11-20-10-15(16)13-9-21-23(3)12-13/h6-9,12,15-16,20H,4-5,10-11H2,1-3H3,(H,22,24)/t15-,16+/m1/s1. The lowest BCUT2D eigenvalue weighted by Crippen LogP contribution is -2.28. The highest BCUT2D eigenvalue weighted by atomic mass is 16.5. The van der Waals surface area contributed by atoms with Gasteiger partial charge in [-0.25, -0.2) is 0 Å². The highest BCUT2D eigenvalue weighted by Crippen LogP contribution is 2.33. The molecule has 2 N–H and O–H groups in total. The van der Waals surface area contributed by atoms with Gasteiger partial charge < -0.3 is 20.1 Å². The predicted molar refractivity (Wildman–Crippen MR) is 99.7 cm³/mol. The van der Waals surface area contributed by atoms with Crippen LogP contribution in [0.25, 0.3) is 0 Å². The molecule has 0 unspecified atom stereocenters. The Labute approximate surface area is 153 Å². The zero-order chi connectivity index (χ0) is 18.5. The fraction of sp³-hybridized carbons (Fsp3) is 0.474. The maximum atomic E-state index is 13.0. The molecular weight excluding hydrogens is 332 g/mol. The molecule has 0 aliphatic carbocycles. The average molecular weight is 358 g/mol. The Balaban J connectivity index is 1.78. The Bertz CT molecular complexity index is 759. The third kappa shape index (κ3) is 3.99. The van der Waals surface area contributed by atoms with Crippen molar-refractivity contribution in [1.82, 2.24) is 15.1 Å². The SMILES string of the molecule is CCOc1ccc(OCC)c(NC(=O)[C@H]2CNC[C@@H]2c2cnn(C)c2)c1. The third-order valence-electron chi connectivity index (χ3n) is 4.52. The van der Waals surface area contributed by atoms with Gasteiger partial charge in [0.15, 0.2) is 0 Å². The third-order valence-corrected chi connectivity index (χ3v) is 4.52. The molecule has 0 radical (unpaired) electrons. The zero-order valence-electron chi connectivity index (χ0n) is 15.5. The monoisotopic (exact) mass is 358 g/mol. The quantitative estimate of drug-likeness (QED) is 0.793. The van der Waals surface area contributed by atoms with Crippen molar-refractivity contribution in [2.45, 2.75) is 19.8 Å². The van der Waals surface area contributed by atoms with Crippen LogP contribution in [0.4, 0.5) is 5.69 Å². The zero-order valence-corrected chi connectivity index (χ0v) is 15.5. The number of carbonyl (C=O) groups is 1. The number of ether oxygens (including phenoxy) is 2. The van der Waals surface area contributed by atoms with Gasteiger partial charge in [-0.15, -0.1) is 0 Å². The predicted octanol–water partition coefficient (Wildman–Crippen LogP) is 2.16. The van der Waals surface area contributed by atoms with Crippen LogP contribution in [0.1, 0.15) is 25.3 Å². The Hall–Kier alpha value is -2.54. The van der Waals surface area contributed by atoms with Gasteiger partial charge >= 0.3 is 0 Å². The number of nitrogens with one attached hydrogen (secondary N) is 2. The number of carbonyl (C=O) groups excluding carboxylic acids is 1. The van der Waals surface area contributed by atoms with E-state index in [4.69, 9.17) is 9.47 Å². The van der Waals surface area contributed by atoms with E-state index in [-0.39, 0.29) is 17.7 Å². The Morgan fingerprint density at radius 2 is 2.12 bits per heavy atom. The molecule has 2 atom stereocenters. The molecule has 1 aromatic carbocycles. The van der Waals surface area contributed by atoms with Crippen molar-refractivity contribution in [3.05, 3.63) is 36.2 Å². The number of rotatable bonds is 7. The van der Waals surface area contributed by atoms with Crippen LogP contribution in [0.5, 0.6) is 11.5 Å². The van der Waals surface area contributed by atoms with Crippen LogP contribution in [0, 0.1) is 5.92 Å². The second-order valence-corrected chi connectivity index (χ2v) is 6.33. The van der Waals surface area contributed by atoms with Crippen LogP contribution in [0.3, 0.4) is 0 Å². The van der Waals surface area contributed by atoms with Gasteiger partial charge in [-0.3, -0.25) is 9.48 Å². The average Bonchev–Trinajstić information content (AvgIpc) is 3.26. The summed E-state index contributed by atoms with van der Waals surface area (Å²) in [5, 5.41) is 10.6. The summed E-state index contributed by atoms with van der Waals surface area (Å²) < 4.78 is 13.0. The molecule has 2 heterocycles. The molecule has 1 amide bonds. The molecule has 1 aromatic heterocycles. The number of amides is 1. The minimum absolute atomic E-state index is 0.0292. The van der Waals surface area contributed by atoms with E-state index in [1.165, 1.54) is 0 Å². The minimum Gasteiger partial charge on any atom is -0.494 e. The summed E-state index contributed by atoms with van der Waals surface area (Å²) in [7, 11) is 1.88. The van der Waals surface area contributed by atoms with E-state index in [0.29, 0.717) is 36.9 Å². The summed E-state index contributed by atoms with van der Waals surface area (Å²) in [4.78, 5) is 13.0. The van der Waals surface area contributed by atoms with Crippen LogP contribution in [0.2, 0.25) is 0 Å². The van der Waals surface area contributed by atoms with Gasteiger partial charge in [0.1, 0.15) is 11.5 Å². The van der Waals surface area contributed by atoms with Crippen LogP contribution < -0.4 is 20.1 Å². The number of aromatic nitrogens is 2. The normalized spacial score (nSPS) is 19.3. The van der Waals surface area contributed by atoms with Crippen LogP contribution >= 0.6 is 0 Å². The Morgan fingerprint density at radius 1 is 1.31 bits per heavy atom. The number of hydrogen-bond acceptors (Lipinski definition) is 5. The first-order chi connectivity index (χ1) is 12.6.